The predicted molar refractivity (Wildman–Crippen MR) is 116 cm³/mol. The largest absolute Gasteiger partial charge is 0.434 e. The Morgan fingerprint density at radius 3 is 2.61 bits per heavy atom. The lowest BCUT2D eigenvalue weighted by molar-refractivity contribution is -0.141. The van der Waals surface area contributed by atoms with Gasteiger partial charge in [-0.15, -0.1) is 0 Å². The van der Waals surface area contributed by atoms with Crippen molar-refractivity contribution >= 4 is 11.7 Å². The van der Waals surface area contributed by atoms with Crippen molar-refractivity contribution in [1.29, 1.82) is 0 Å². The number of nitrogens with one attached hydrogen (secondary N) is 1. The topological polar surface area (TPSA) is 71.0 Å². The Bertz CT molecular complexity index is 1170. The number of hydrogen-bond donors (Lipinski definition) is 1. The number of rotatable bonds is 4. The third kappa shape index (κ3) is 3.92. The number of carbonyl (C=O) groups excluding carboxylic acids is 1. The van der Waals surface area contributed by atoms with Crippen molar-refractivity contribution in [2.75, 3.05) is 5.32 Å². The number of hydrogen-bond acceptors (Lipinski definition) is 5. The van der Waals surface area contributed by atoms with Crippen LogP contribution in [0, 0.1) is 6.92 Å². The van der Waals surface area contributed by atoms with Crippen LogP contribution in [0.15, 0.2) is 55.0 Å². The molecule has 2 bridgehead atoms. The van der Waals surface area contributed by atoms with Crippen LogP contribution in [-0.2, 0) is 6.18 Å². The summed E-state index contributed by atoms with van der Waals surface area (Å²) >= 11 is 0. The molecule has 2 aromatic heterocycles. The van der Waals surface area contributed by atoms with Gasteiger partial charge >= 0.3 is 6.18 Å². The summed E-state index contributed by atoms with van der Waals surface area (Å²) in [5.41, 5.74) is 2.13. The van der Waals surface area contributed by atoms with Crippen molar-refractivity contribution in [2.24, 2.45) is 0 Å². The lowest BCUT2D eigenvalue weighted by Crippen LogP contribution is -2.40. The summed E-state index contributed by atoms with van der Waals surface area (Å²) in [4.78, 5) is 27.5. The molecular weight excluding hydrogens is 431 g/mol. The van der Waals surface area contributed by atoms with Gasteiger partial charge in [0.15, 0.2) is 5.69 Å². The number of alkyl halides is 3. The van der Waals surface area contributed by atoms with E-state index in [2.05, 4.69) is 20.3 Å². The van der Waals surface area contributed by atoms with Gasteiger partial charge in [0.2, 0.25) is 0 Å². The summed E-state index contributed by atoms with van der Waals surface area (Å²) in [7, 11) is 0. The van der Waals surface area contributed by atoms with E-state index >= 15 is 0 Å². The first-order valence-corrected chi connectivity index (χ1v) is 10.8. The highest BCUT2D eigenvalue weighted by Crippen LogP contribution is 2.41. The first-order valence-electron chi connectivity index (χ1n) is 10.8. The molecule has 5 rings (SSSR count). The van der Waals surface area contributed by atoms with E-state index in [4.69, 9.17) is 0 Å². The van der Waals surface area contributed by atoms with Gasteiger partial charge in [0.1, 0.15) is 5.82 Å². The van der Waals surface area contributed by atoms with E-state index in [1.165, 1.54) is 0 Å². The predicted octanol–water partition coefficient (Wildman–Crippen LogP) is 4.72. The van der Waals surface area contributed by atoms with E-state index in [1.807, 2.05) is 48.2 Å². The molecule has 1 aromatic carbocycles. The molecule has 2 aliphatic rings. The number of nitrogens with zero attached hydrogens (tertiary/aromatic N) is 4. The van der Waals surface area contributed by atoms with E-state index in [0.29, 0.717) is 12.0 Å². The second kappa shape index (κ2) is 8.13. The maximum atomic E-state index is 13.7. The summed E-state index contributed by atoms with van der Waals surface area (Å²) in [6.45, 7) is 1.97. The number of benzene rings is 1. The summed E-state index contributed by atoms with van der Waals surface area (Å²) in [6.07, 6.45) is 1.45. The Balaban J connectivity index is 1.39. The number of anilines is 1. The highest BCUT2D eigenvalue weighted by atomic mass is 19.4. The van der Waals surface area contributed by atoms with Gasteiger partial charge in [-0.2, -0.15) is 13.2 Å². The van der Waals surface area contributed by atoms with Crippen molar-refractivity contribution in [1.82, 2.24) is 19.9 Å². The molecule has 170 valence electrons. The highest BCUT2D eigenvalue weighted by Gasteiger charge is 2.49. The number of aryl methyl sites for hydroxylation is 1. The number of fused-ring (bicyclic) bond motifs is 2. The molecule has 4 heterocycles. The molecule has 6 nitrogen and oxygen atoms in total. The van der Waals surface area contributed by atoms with Crippen molar-refractivity contribution < 1.29 is 18.0 Å². The third-order valence-electron chi connectivity index (χ3n) is 6.47. The molecular formula is C24H22F3N5O. The Hall–Kier alpha value is -3.49. The molecule has 3 aromatic rings. The van der Waals surface area contributed by atoms with E-state index in [-0.39, 0.29) is 29.9 Å². The zero-order chi connectivity index (χ0) is 23.2. The van der Waals surface area contributed by atoms with Crippen LogP contribution in [0.25, 0.3) is 11.3 Å². The average molecular weight is 453 g/mol. The van der Waals surface area contributed by atoms with Crippen LogP contribution in [-0.4, -0.2) is 43.9 Å². The molecule has 0 spiro atoms. The summed E-state index contributed by atoms with van der Waals surface area (Å²) in [5.74, 6) is 0.229. The van der Waals surface area contributed by atoms with Crippen molar-refractivity contribution in [2.45, 2.75) is 50.5 Å². The standard InChI is InChI=1S/C24H22F3N5O/c1-14-5-4-6-16(22(14)17-7-2-3-10-28-17)23(33)32-15-8-9-19(32)18(11-15)31-21-13-29-20(12-30-21)24(25,26)27/h2-7,10,12-13,15,18-19H,8-9,11H2,1H3,(H,30,31)/t15-,18-,19+/m1/s1. The third-order valence-corrected chi connectivity index (χ3v) is 6.47. The maximum Gasteiger partial charge on any atom is 0.434 e. The fourth-order valence-corrected chi connectivity index (χ4v) is 5.03. The zero-order valence-electron chi connectivity index (χ0n) is 17.9. The van der Waals surface area contributed by atoms with Gasteiger partial charge in [0, 0.05) is 23.4 Å². The van der Waals surface area contributed by atoms with Crippen LogP contribution in [0.2, 0.25) is 0 Å². The van der Waals surface area contributed by atoms with Gasteiger partial charge in [0.05, 0.1) is 30.2 Å². The quantitative estimate of drug-likeness (QED) is 0.619. The molecule has 0 unspecified atom stereocenters. The van der Waals surface area contributed by atoms with E-state index in [9.17, 15) is 18.0 Å². The fraction of sp³-hybridized carbons (Fsp3) is 0.333. The maximum absolute atomic E-state index is 13.7. The van der Waals surface area contributed by atoms with Crippen LogP contribution in [0.1, 0.15) is 40.9 Å². The van der Waals surface area contributed by atoms with Crippen LogP contribution in [0.3, 0.4) is 0 Å². The molecule has 2 fully saturated rings. The number of carbonyl (C=O) groups is 1. The second-order valence-corrected chi connectivity index (χ2v) is 8.49. The van der Waals surface area contributed by atoms with E-state index in [1.54, 1.807) is 6.20 Å². The number of amides is 1. The fourth-order valence-electron chi connectivity index (χ4n) is 5.03. The molecule has 0 saturated carbocycles. The smallest absolute Gasteiger partial charge is 0.364 e. The number of aromatic nitrogens is 3. The van der Waals surface area contributed by atoms with Gasteiger partial charge in [-0.1, -0.05) is 18.2 Å². The van der Waals surface area contributed by atoms with Crippen molar-refractivity contribution in [3.05, 3.63) is 71.8 Å². The first-order chi connectivity index (χ1) is 15.8. The molecule has 3 atom stereocenters. The molecule has 33 heavy (non-hydrogen) atoms. The van der Waals surface area contributed by atoms with E-state index in [0.717, 1.165) is 42.1 Å². The Kier molecular flexibility index (Phi) is 5.26. The summed E-state index contributed by atoms with van der Waals surface area (Å²) < 4.78 is 38.3. The van der Waals surface area contributed by atoms with Gasteiger partial charge in [-0.05, 0) is 49.9 Å². The minimum atomic E-state index is -4.53. The van der Waals surface area contributed by atoms with Gasteiger partial charge in [-0.25, -0.2) is 9.97 Å². The van der Waals surface area contributed by atoms with Crippen molar-refractivity contribution in [3.8, 4) is 11.3 Å². The number of halogens is 3. The van der Waals surface area contributed by atoms with Gasteiger partial charge in [-0.3, -0.25) is 9.78 Å². The van der Waals surface area contributed by atoms with Crippen LogP contribution in [0.4, 0.5) is 19.0 Å². The zero-order valence-corrected chi connectivity index (χ0v) is 17.9. The molecule has 1 N–H and O–H groups in total. The van der Waals surface area contributed by atoms with Crippen molar-refractivity contribution in [3.63, 3.8) is 0 Å². The van der Waals surface area contributed by atoms with Gasteiger partial charge < -0.3 is 10.2 Å². The normalized spacial score (nSPS) is 21.9. The summed E-state index contributed by atoms with van der Waals surface area (Å²) in [6, 6.07) is 11.2. The monoisotopic (exact) mass is 453 g/mol. The average Bonchev–Trinajstić information content (AvgIpc) is 3.36. The minimum absolute atomic E-state index is 0.0466. The lowest BCUT2D eigenvalue weighted by Gasteiger charge is -2.26. The summed E-state index contributed by atoms with van der Waals surface area (Å²) in [5, 5.41) is 3.20. The molecule has 0 radical (unpaired) electrons. The van der Waals surface area contributed by atoms with Gasteiger partial charge in [0.25, 0.3) is 5.91 Å². The minimum Gasteiger partial charge on any atom is -0.364 e. The Morgan fingerprint density at radius 1 is 1.06 bits per heavy atom. The number of pyridine rings is 1. The highest BCUT2D eigenvalue weighted by molar-refractivity contribution is 6.02. The molecule has 2 aliphatic heterocycles. The van der Waals surface area contributed by atoms with Crippen LogP contribution in [0.5, 0.6) is 0 Å². The molecule has 1 amide bonds. The lowest BCUT2D eigenvalue weighted by atomic mass is 9.95. The van der Waals surface area contributed by atoms with E-state index < -0.39 is 11.9 Å². The molecule has 0 aliphatic carbocycles. The SMILES string of the molecule is Cc1cccc(C(=O)N2[C@@H]3CC[C@H]2[C@H](Nc2cnc(C(F)(F)F)cn2)C3)c1-c1ccccn1. The molecule has 2 saturated heterocycles. The Morgan fingerprint density at radius 2 is 1.91 bits per heavy atom. The first kappa shape index (κ1) is 21.4. The van der Waals surface area contributed by atoms with Crippen LogP contribution < -0.4 is 5.32 Å². The Labute approximate surface area is 188 Å². The molecule has 9 heteroatoms. The second-order valence-electron chi connectivity index (χ2n) is 8.49. The van der Waals surface area contributed by atoms with Crippen LogP contribution >= 0.6 is 0 Å².